The molecule has 1 unspecified atom stereocenters. The molecule has 122 valence electrons. The highest BCUT2D eigenvalue weighted by atomic mass is 32.2. The molecule has 23 heavy (non-hydrogen) atoms. The molecule has 0 aliphatic rings. The second-order valence-corrected chi connectivity index (χ2v) is 7.15. The molecule has 9 heteroatoms. The van der Waals surface area contributed by atoms with Crippen LogP contribution in [0.2, 0.25) is 0 Å². The van der Waals surface area contributed by atoms with E-state index < -0.39 is 21.8 Å². The number of halogens is 3. The van der Waals surface area contributed by atoms with Gasteiger partial charge in [0.1, 0.15) is 0 Å². The maximum atomic E-state index is 12.4. The van der Waals surface area contributed by atoms with Gasteiger partial charge in [-0.25, -0.2) is 4.21 Å². The maximum absolute atomic E-state index is 12.4. The molecule has 0 aliphatic carbocycles. The summed E-state index contributed by atoms with van der Waals surface area (Å²) in [6.07, 6.45) is 1.99. The van der Waals surface area contributed by atoms with E-state index in [2.05, 4.69) is 24.9 Å². The largest absolute Gasteiger partial charge is 0.471 e. The van der Waals surface area contributed by atoms with Crippen LogP contribution in [-0.2, 0) is 22.3 Å². The van der Waals surface area contributed by atoms with E-state index in [4.69, 9.17) is 6.42 Å². The fourth-order valence-corrected chi connectivity index (χ4v) is 2.65. The van der Waals surface area contributed by atoms with Gasteiger partial charge in [-0.15, -0.1) is 6.42 Å². The minimum atomic E-state index is -4.66. The van der Waals surface area contributed by atoms with Gasteiger partial charge in [-0.1, -0.05) is 23.2 Å². The SMILES string of the molecule is C#CCS(C)(=O)=Nc1ccc(Cc2noc(C(F)(F)F)n2)cc1. The first kappa shape index (κ1) is 17.0. The molecule has 5 nitrogen and oxygen atoms in total. The summed E-state index contributed by atoms with van der Waals surface area (Å²) >= 11 is 0. The molecule has 2 aromatic rings. The molecule has 0 bridgehead atoms. The highest BCUT2D eigenvalue weighted by Gasteiger charge is 2.38. The second kappa shape index (κ2) is 6.42. The van der Waals surface area contributed by atoms with E-state index in [-0.39, 0.29) is 18.0 Å². The Morgan fingerprint density at radius 2 is 2.00 bits per heavy atom. The smallest absolute Gasteiger partial charge is 0.329 e. The van der Waals surface area contributed by atoms with Gasteiger partial charge in [-0.2, -0.15) is 22.5 Å². The van der Waals surface area contributed by atoms with Crippen molar-refractivity contribution in [2.75, 3.05) is 12.0 Å². The topological polar surface area (TPSA) is 68.3 Å². The summed E-state index contributed by atoms with van der Waals surface area (Å²) < 4.78 is 57.3. The van der Waals surface area contributed by atoms with Crippen LogP contribution in [0.5, 0.6) is 0 Å². The van der Waals surface area contributed by atoms with Crippen molar-refractivity contribution >= 4 is 15.4 Å². The molecule has 1 atom stereocenters. The van der Waals surface area contributed by atoms with Crippen LogP contribution in [0.3, 0.4) is 0 Å². The van der Waals surface area contributed by atoms with E-state index in [1.54, 1.807) is 24.3 Å². The summed E-state index contributed by atoms with van der Waals surface area (Å²) in [7, 11) is -2.50. The van der Waals surface area contributed by atoms with Crippen LogP contribution in [-0.4, -0.2) is 26.4 Å². The molecule has 0 N–H and O–H groups in total. The third-order valence-electron chi connectivity index (χ3n) is 2.66. The van der Waals surface area contributed by atoms with Crippen LogP contribution in [0.25, 0.3) is 0 Å². The average Bonchev–Trinajstić information content (AvgIpc) is 2.89. The van der Waals surface area contributed by atoms with Gasteiger partial charge in [0, 0.05) is 12.7 Å². The summed E-state index contributed by atoms with van der Waals surface area (Å²) in [6, 6.07) is 6.46. The van der Waals surface area contributed by atoms with Gasteiger partial charge in [0.05, 0.1) is 21.2 Å². The Morgan fingerprint density at radius 1 is 1.35 bits per heavy atom. The number of terminal acetylenes is 1. The van der Waals surface area contributed by atoms with Crippen LogP contribution in [0.4, 0.5) is 18.9 Å². The number of alkyl halides is 3. The van der Waals surface area contributed by atoms with Gasteiger partial charge in [0.25, 0.3) is 0 Å². The van der Waals surface area contributed by atoms with Crippen LogP contribution in [0.15, 0.2) is 33.2 Å². The molecule has 0 saturated heterocycles. The van der Waals surface area contributed by atoms with Gasteiger partial charge in [-0.05, 0) is 17.7 Å². The van der Waals surface area contributed by atoms with Crippen LogP contribution in [0, 0.1) is 12.3 Å². The lowest BCUT2D eigenvalue weighted by Gasteiger charge is -2.01. The molecule has 0 radical (unpaired) electrons. The summed E-state index contributed by atoms with van der Waals surface area (Å²) in [5, 5.41) is 3.29. The summed E-state index contributed by atoms with van der Waals surface area (Å²) in [4.78, 5) is 3.29. The lowest BCUT2D eigenvalue weighted by atomic mass is 10.1. The fraction of sp³-hybridized carbons (Fsp3) is 0.286. The lowest BCUT2D eigenvalue weighted by Crippen LogP contribution is -2.05. The van der Waals surface area contributed by atoms with Gasteiger partial charge in [0.15, 0.2) is 5.82 Å². The number of nitrogens with zero attached hydrogens (tertiary/aromatic N) is 3. The summed E-state index contributed by atoms with van der Waals surface area (Å²) in [6.45, 7) is 0. The molecular weight excluding hydrogens is 331 g/mol. The molecule has 0 aliphatic heterocycles. The number of benzene rings is 1. The molecule has 2 rings (SSSR count). The molecule has 0 fully saturated rings. The Kier molecular flexibility index (Phi) is 4.75. The Bertz CT molecular complexity index is 841. The molecule has 0 saturated carbocycles. The predicted octanol–water partition coefficient (Wildman–Crippen LogP) is 3.04. The third kappa shape index (κ3) is 4.82. The van der Waals surface area contributed by atoms with Gasteiger partial charge >= 0.3 is 12.1 Å². The standard InChI is InChI=1S/C14H12F3N3O2S/c1-3-8-23(2,21)20-11-6-4-10(5-7-11)9-12-18-13(22-19-12)14(15,16)17/h1,4-7H,8-9H2,2H3. The summed E-state index contributed by atoms with van der Waals surface area (Å²) in [5.74, 6) is 0.887. The highest BCUT2D eigenvalue weighted by molar-refractivity contribution is 7.93. The van der Waals surface area contributed by atoms with E-state index in [1.165, 1.54) is 6.26 Å². The van der Waals surface area contributed by atoms with E-state index in [0.29, 0.717) is 11.3 Å². The van der Waals surface area contributed by atoms with Crippen molar-refractivity contribution in [1.29, 1.82) is 0 Å². The van der Waals surface area contributed by atoms with E-state index >= 15 is 0 Å². The predicted molar refractivity (Wildman–Crippen MR) is 78.4 cm³/mol. The number of aromatic nitrogens is 2. The number of rotatable bonds is 4. The van der Waals surface area contributed by atoms with E-state index in [1.807, 2.05) is 0 Å². The zero-order valence-electron chi connectivity index (χ0n) is 12.0. The van der Waals surface area contributed by atoms with Crippen LogP contribution < -0.4 is 0 Å². The van der Waals surface area contributed by atoms with Gasteiger partial charge in [0.2, 0.25) is 0 Å². The first-order valence-electron chi connectivity index (χ1n) is 6.31. The molecule has 0 amide bonds. The zero-order chi connectivity index (χ0) is 17.1. The molecule has 1 aromatic carbocycles. The molecule has 1 aromatic heterocycles. The first-order chi connectivity index (χ1) is 10.7. The van der Waals surface area contributed by atoms with Crippen molar-refractivity contribution in [1.82, 2.24) is 10.1 Å². The normalized spacial score (nSPS) is 14.0. The Balaban J connectivity index is 2.14. The lowest BCUT2D eigenvalue weighted by molar-refractivity contribution is -0.159. The second-order valence-electron chi connectivity index (χ2n) is 4.76. The molecule has 0 spiro atoms. The number of hydrogen-bond donors (Lipinski definition) is 0. The van der Waals surface area contributed by atoms with E-state index in [9.17, 15) is 17.4 Å². The average molecular weight is 343 g/mol. The van der Waals surface area contributed by atoms with Crippen molar-refractivity contribution in [3.63, 3.8) is 0 Å². The van der Waals surface area contributed by atoms with Gasteiger partial charge < -0.3 is 4.52 Å². The monoisotopic (exact) mass is 343 g/mol. The minimum absolute atomic E-state index is 0.0395. The van der Waals surface area contributed by atoms with Gasteiger partial charge in [-0.3, -0.25) is 0 Å². The van der Waals surface area contributed by atoms with Crippen molar-refractivity contribution < 1.29 is 21.9 Å². The zero-order valence-corrected chi connectivity index (χ0v) is 12.8. The van der Waals surface area contributed by atoms with Crippen LogP contribution >= 0.6 is 0 Å². The molecular formula is C14H12F3N3O2S. The van der Waals surface area contributed by atoms with Crippen molar-refractivity contribution in [2.45, 2.75) is 12.6 Å². The molecule has 1 heterocycles. The number of hydrogen-bond acceptors (Lipinski definition) is 5. The Morgan fingerprint density at radius 3 is 2.52 bits per heavy atom. The van der Waals surface area contributed by atoms with Crippen molar-refractivity contribution in [2.24, 2.45) is 4.36 Å². The van der Waals surface area contributed by atoms with Crippen molar-refractivity contribution in [3.05, 3.63) is 41.5 Å². The quantitative estimate of drug-likeness (QED) is 0.800. The summed E-state index contributed by atoms with van der Waals surface area (Å²) in [5.41, 5.74) is 1.14. The third-order valence-corrected chi connectivity index (χ3v) is 3.96. The first-order valence-corrected chi connectivity index (χ1v) is 8.41. The maximum Gasteiger partial charge on any atom is 0.471 e. The minimum Gasteiger partial charge on any atom is -0.329 e. The fourth-order valence-electron chi connectivity index (χ4n) is 1.71. The Hall–Kier alpha value is -2.34. The van der Waals surface area contributed by atoms with E-state index in [0.717, 1.165) is 0 Å². The van der Waals surface area contributed by atoms with Crippen LogP contribution in [0.1, 0.15) is 17.3 Å². The van der Waals surface area contributed by atoms with Crippen molar-refractivity contribution in [3.8, 4) is 12.3 Å². The highest BCUT2D eigenvalue weighted by Crippen LogP contribution is 2.27. The Labute approximate surface area is 131 Å².